The van der Waals surface area contributed by atoms with Crippen LogP contribution in [0.5, 0.6) is 5.75 Å². The van der Waals surface area contributed by atoms with Crippen molar-refractivity contribution in [2.75, 3.05) is 7.11 Å². The smallest absolute Gasteiger partial charge is 0.349 e. The fourth-order valence-electron chi connectivity index (χ4n) is 2.84. The molecule has 4 rings (SSSR count). The standard InChI is InChI=1S/C20H14ClNO6S2/c1-11-4-3-5-14-17(11)22-19(27-14)13-7-6-12(21)10-15(13)28-30(24,25)16-8-9-29-18(16)20(23)26-2/h3-10H,1-2H3. The van der Waals surface area contributed by atoms with Gasteiger partial charge in [0.25, 0.3) is 0 Å². The first-order valence-corrected chi connectivity index (χ1v) is 11.2. The summed E-state index contributed by atoms with van der Waals surface area (Å²) < 4.78 is 41.6. The minimum absolute atomic E-state index is 0.0753. The second kappa shape index (κ2) is 7.75. The van der Waals surface area contributed by atoms with Gasteiger partial charge in [0.15, 0.2) is 11.3 Å². The Morgan fingerprint density at radius 3 is 2.73 bits per heavy atom. The van der Waals surface area contributed by atoms with Crippen LogP contribution in [0.1, 0.15) is 15.2 Å². The van der Waals surface area contributed by atoms with Gasteiger partial charge in [-0.1, -0.05) is 23.7 Å². The topological polar surface area (TPSA) is 95.7 Å². The third kappa shape index (κ3) is 3.67. The molecule has 0 N–H and O–H groups in total. The number of esters is 1. The maximum atomic E-state index is 12.9. The van der Waals surface area contributed by atoms with E-state index in [1.807, 2.05) is 19.1 Å². The molecule has 0 aliphatic heterocycles. The first kappa shape index (κ1) is 20.4. The number of fused-ring (bicyclic) bond motifs is 1. The molecule has 0 atom stereocenters. The van der Waals surface area contributed by atoms with Gasteiger partial charge >= 0.3 is 16.1 Å². The molecule has 7 nitrogen and oxygen atoms in total. The molecule has 154 valence electrons. The van der Waals surface area contributed by atoms with E-state index in [4.69, 9.17) is 20.2 Å². The van der Waals surface area contributed by atoms with E-state index >= 15 is 0 Å². The van der Waals surface area contributed by atoms with Gasteiger partial charge in [-0.15, -0.1) is 11.3 Å². The Bertz CT molecular complexity index is 1370. The summed E-state index contributed by atoms with van der Waals surface area (Å²) in [6.45, 7) is 1.89. The molecule has 0 saturated carbocycles. The number of oxazole rings is 1. The summed E-state index contributed by atoms with van der Waals surface area (Å²) in [5, 5.41) is 1.72. The van der Waals surface area contributed by atoms with Gasteiger partial charge in [-0.25, -0.2) is 9.78 Å². The van der Waals surface area contributed by atoms with E-state index in [1.54, 1.807) is 18.2 Å². The molecule has 10 heteroatoms. The number of carbonyl (C=O) groups excluding carboxylic acids is 1. The highest BCUT2D eigenvalue weighted by atomic mass is 35.5. The number of para-hydroxylation sites is 1. The first-order valence-electron chi connectivity index (χ1n) is 8.56. The lowest BCUT2D eigenvalue weighted by atomic mass is 10.2. The lowest BCUT2D eigenvalue weighted by molar-refractivity contribution is 0.0602. The number of benzene rings is 2. The normalized spacial score (nSPS) is 11.6. The average molecular weight is 464 g/mol. The van der Waals surface area contributed by atoms with Gasteiger partial charge in [0, 0.05) is 11.1 Å². The number of ether oxygens (including phenoxy) is 1. The van der Waals surface area contributed by atoms with E-state index in [9.17, 15) is 13.2 Å². The quantitative estimate of drug-likeness (QED) is 0.301. The number of methoxy groups -OCH3 is 1. The molecule has 4 aromatic rings. The molecule has 30 heavy (non-hydrogen) atoms. The monoisotopic (exact) mass is 463 g/mol. The molecular formula is C20H14ClNO6S2. The van der Waals surface area contributed by atoms with Crippen LogP contribution in [0.25, 0.3) is 22.6 Å². The highest BCUT2D eigenvalue weighted by molar-refractivity contribution is 7.87. The van der Waals surface area contributed by atoms with E-state index in [1.165, 1.54) is 24.6 Å². The molecule has 2 aromatic carbocycles. The molecule has 0 aliphatic carbocycles. The third-order valence-corrected chi connectivity index (χ3v) is 6.80. The zero-order valence-corrected chi connectivity index (χ0v) is 18.1. The van der Waals surface area contributed by atoms with Crippen LogP contribution in [0.15, 0.2) is 57.2 Å². The highest BCUT2D eigenvalue weighted by Gasteiger charge is 2.28. The molecule has 0 fully saturated rings. The second-order valence-electron chi connectivity index (χ2n) is 6.22. The predicted octanol–water partition coefficient (Wildman–Crippen LogP) is 5.07. The Kier molecular flexibility index (Phi) is 5.27. The Hall–Kier alpha value is -2.88. The molecule has 2 aromatic heterocycles. The van der Waals surface area contributed by atoms with Crippen molar-refractivity contribution < 1.29 is 26.5 Å². The number of aryl methyl sites for hydroxylation is 1. The fourth-order valence-corrected chi connectivity index (χ4v) is 5.25. The van der Waals surface area contributed by atoms with Gasteiger partial charge in [0.2, 0.25) is 5.89 Å². The molecule has 0 amide bonds. The minimum Gasteiger partial charge on any atom is -0.465 e. The SMILES string of the molecule is COC(=O)c1sccc1S(=O)(=O)Oc1cc(Cl)ccc1-c1nc2c(C)cccc2o1. The van der Waals surface area contributed by atoms with Crippen LogP contribution in [0, 0.1) is 6.92 Å². The summed E-state index contributed by atoms with van der Waals surface area (Å²) in [4.78, 5) is 16.0. The Balaban J connectivity index is 1.80. The zero-order chi connectivity index (χ0) is 21.5. The minimum atomic E-state index is -4.36. The molecule has 2 heterocycles. The maximum absolute atomic E-state index is 12.9. The van der Waals surface area contributed by atoms with Crippen molar-refractivity contribution in [1.29, 1.82) is 0 Å². The van der Waals surface area contributed by atoms with E-state index in [-0.39, 0.29) is 26.4 Å². The molecule has 0 saturated heterocycles. The van der Waals surface area contributed by atoms with Crippen molar-refractivity contribution >= 4 is 50.1 Å². The molecule has 0 unspecified atom stereocenters. The number of aromatic nitrogens is 1. The van der Waals surface area contributed by atoms with Crippen LogP contribution in [0.3, 0.4) is 0 Å². The van der Waals surface area contributed by atoms with Gasteiger partial charge in [-0.2, -0.15) is 8.42 Å². The van der Waals surface area contributed by atoms with Gasteiger partial charge in [0.1, 0.15) is 15.3 Å². The summed E-state index contributed by atoms with van der Waals surface area (Å²) in [6.07, 6.45) is 0. The second-order valence-corrected chi connectivity index (χ2v) is 9.09. The predicted molar refractivity (Wildman–Crippen MR) is 113 cm³/mol. The Labute approximate surface area is 181 Å². The number of halogens is 1. The van der Waals surface area contributed by atoms with E-state index in [2.05, 4.69) is 9.72 Å². The Morgan fingerprint density at radius 1 is 1.20 bits per heavy atom. The Morgan fingerprint density at radius 2 is 2.00 bits per heavy atom. The number of nitrogens with zero attached hydrogens (tertiary/aromatic N) is 1. The lowest BCUT2D eigenvalue weighted by Gasteiger charge is -2.10. The summed E-state index contributed by atoms with van der Waals surface area (Å²) >= 11 is 7.01. The van der Waals surface area contributed by atoms with E-state index < -0.39 is 16.1 Å². The maximum Gasteiger partial charge on any atom is 0.349 e. The lowest BCUT2D eigenvalue weighted by Crippen LogP contribution is -2.13. The molecular weight excluding hydrogens is 450 g/mol. The number of hydrogen-bond acceptors (Lipinski definition) is 8. The number of rotatable bonds is 5. The van der Waals surface area contributed by atoms with E-state index in [0.717, 1.165) is 16.9 Å². The molecule has 0 spiro atoms. The van der Waals surface area contributed by atoms with Crippen LogP contribution in [0.4, 0.5) is 0 Å². The number of thiophene rings is 1. The summed E-state index contributed by atoms with van der Waals surface area (Å²) in [7, 11) is -3.19. The third-order valence-electron chi connectivity index (χ3n) is 4.26. The summed E-state index contributed by atoms with van der Waals surface area (Å²) in [5.41, 5.74) is 2.42. The van der Waals surface area contributed by atoms with Crippen LogP contribution >= 0.6 is 22.9 Å². The highest BCUT2D eigenvalue weighted by Crippen LogP contribution is 2.36. The summed E-state index contributed by atoms with van der Waals surface area (Å²) in [5.74, 6) is -0.665. The fraction of sp³-hybridized carbons (Fsp3) is 0.100. The van der Waals surface area contributed by atoms with Gasteiger partial charge in [0.05, 0.1) is 12.7 Å². The first-order chi connectivity index (χ1) is 14.3. The van der Waals surface area contributed by atoms with Crippen LogP contribution in [-0.4, -0.2) is 26.5 Å². The molecule has 0 bridgehead atoms. The van der Waals surface area contributed by atoms with Crippen molar-refractivity contribution in [2.24, 2.45) is 0 Å². The molecule has 0 radical (unpaired) electrons. The van der Waals surface area contributed by atoms with Gasteiger partial charge in [-0.3, -0.25) is 0 Å². The molecule has 0 aliphatic rings. The van der Waals surface area contributed by atoms with Crippen molar-refractivity contribution in [3.63, 3.8) is 0 Å². The van der Waals surface area contributed by atoms with Crippen LogP contribution in [0.2, 0.25) is 5.02 Å². The largest absolute Gasteiger partial charge is 0.465 e. The van der Waals surface area contributed by atoms with Crippen molar-refractivity contribution in [3.8, 4) is 17.2 Å². The van der Waals surface area contributed by atoms with Crippen molar-refractivity contribution in [2.45, 2.75) is 11.8 Å². The van der Waals surface area contributed by atoms with Crippen molar-refractivity contribution in [1.82, 2.24) is 4.98 Å². The van der Waals surface area contributed by atoms with Crippen LogP contribution < -0.4 is 4.18 Å². The van der Waals surface area contributed by atoms with Crippen molar-refractivity contribution in [3.05, 3.63) is 63.3 Å². The average Bonchev–Trinajstić information content (AvgIpc) is 3.35. The van der Waals surface area contributed by atoms with E-state index in [0.29, 0.717) is 16.7 Å². The zero-order valence-electron chi connectivity index (χ0n) is 15.7. The summed E-state index contributed by atoms with van der Waals surface area (Å²) in [6, 6.07) is 11.2. The van der Waals surface area contributed by atoms with Gasteiger partial charge < -0.3 is 13.3 Å². The number of hydrogen-bond donors (Lipinski definition) is 0. The van der Waals surface area contributed by atoms with Gasteiger partial charge in [-0.05, 0) is 42.1 Å². The number of carbonyl (C=O) groups is 1. The van der Waals surface area contributed by atoms with Crippen LogP contribution in [-0.2, 0) is 14.9 Å².